The molecule has 170 valence electrons. The zero-order valence-corrected chi connectivity index (χ0v) is 20.8. The molecule has 0 aliphatic heterocycles. The maximum Gasteiger partial charge on any atom is 0.251 e. The molecule has 0 aromatic heterocycles. The number of nitrogens with one attached hydrogen (secondary N) is 3. The van der Waals surface area contributed by atoms with Crippen LogP contribution in [0, 0.1) is 5.92 Å². The van der Waals surface area contributed by atoms with E-state index in [4.69, 9.17) is 5.73 Å². The molecule has 0 saturated heterocycles. The number of unbranched alkanes of at least 4 members (excludes halogenated alkanes) is 3. The summed E-state index contributed by atoms with van der Waals surface area (Å²) < 4.78 is 0. The first-order valence-electron chi connectivity index (χ1n) is 10.6. The van der Waals surface area contributed by atoms with Gasteiger partial charge in [0.25, 0.3) is 5.91 Å². The molecule has 0 heterocycles. The number of aliphatic imine (C=N–C) groups is 1. The molecule has 1 aromatic rings. The molecule has 0 atom stereocenters. The molecule has 1 aromatic carbocycles. The topological polar surface area (TPSA) is 109 Å². The number of primary amides is 1. The van der Waals surface area contributed by atoms with Crippen LogP contribution in [0.4, 0.5) is 0 Å². The van der Waals surface area contributed by atoms with Gasteiger partial charge < -0.3 is 21.7 Å². The van der Waals surface area contributed by atoms with Crippen molar-refractivity contribution in [3.63, 3.8) is 0 Å². The quantitative estimate of drug-likeness (QED) is 0.136. The van der Waals surface area contributed by atoms with Gasteiger partial charge in [0.1, 0.15) is 0 Å². The first-order chi connectivity index (χ1) is 13.9. The van der Waals surface area contributed by atoms with E-state index in [1.807, 2.05) is 19.1 Å². The minimum Gasteiger partial charge on any atom is -0.368 e. The van der Waals surface area contributed by atoms with Gasteiger partial charge in [0.2, 0.25) is 5.91 Å². The molecule has 0 aliphatic rings. The maximum absolute atomic E-state index is 11.9. The number of nitrogens with two attached hydrogens (primary N) is 1. The molecule has 0 fully saturated rings. The van der Waals surface area contributed by atoms with Gasteiger partial charge in [0, 0.05) is 18.7 Å². The molecule has 0 unspecified atom stereocenters. The fourth-order valence-corrected chi connectivity index (χ4v) is 2.78. The van der Waals surface area contributed by atoms with Crippen LogP contribution < -0.4 is 21.7 Å². The molecule has 5 N–H and O–H groups in total. The number of hydrogen-bond donors (Lipinski definition) is 4. The molecule has 0 bridgehead atoms. The molecular formula is C22H38IN5O2. The largest absolute Gasteiger partial charge is 0.368 e. The van der Waals surface area contributed by atoms with Crippen molar-refractivity contribution >= 4 is 41.8 Å². The zero-order chi connectivity index (χ0) is 21.5. The average Bonchev–Trinajstić information content (AvgIpc) is 2.69. The van der Waals surface area contributed by atoms with Crippen LogP contribution in [0.25, 0.3) is 0 Å². The van der Waals surface area contributed by atoms with Crippen LogP contribution in [0.3, 0.4) is 0 Å². The summed E-state index contributed by atoms with van der Waals surface area (Å²) in [6.45, 7) is 8.65. The van der Waals surface area contributed by atoms with Crippen molar-refractivity contribution in [2.45, 2.75) is 59.4 Å². The zero-order valence-electron chi connectivity index (χ0n) is 18.5. The van der Waals surface area contributed by atoms with Crippen molar-refractivity contribution in [2.75, 3.05) is 19.6 Å². The summed E-state index contributed by atoms with van der Waals surface area (Å²) in [5, 5.41) is 9.11. The molecule has 1 rings (SSSR count). The van der Waals surface area contributed by atoms with Crippen LogP contribution in [0.1, 0.15) is 68.8 Å². The molecule has 0 radical (unpaired) electrons. The highest BCUT2D eigenvalue weighted by atomic mass is 127. The molecule has 7 nitrogen and oxygen atoms in total. The number of guanidine groups is 1. The number of rotatable bonds is 13. The van der Waals surface area contributed by atoms with E-state index in [-0.39, 0.29) is 36.4 Å². The van der Waals surface area contributed by atoms with Gasteiger partial charge >= 0.3 is 0 Å². The van der Waals surface area contributed by atoms with E-state index in [9.17, 15) is 9.59 Å². The van der Waals surface area contributed by atoms with Gasteiger partial charge in [-0.15, -0.1) is 24.0 Å². The Kier molecular flexibility index (Phi) is 15.9. The van der Waals surface area contributed by atoms with Crippen molar-refractivity contribution in [1.82, 2.24) is 16.0 Å². The van der Waals surface area contributed by atoms with Crippen molar-refractivity contribution in [3.05, 3.63) is 35.4 Å². The lowest BCUT2D eigenvalue weighted by Crippen LogP contribution is -2.37. The Morgan fingerprint density at radius 1 is 1.00 bits per heavy atom. The third kappa shape index (κ3) is 13.4. The Bertz CT molecular complexity index is 647. The van der Waals surface area contributed by atoms with E-state index in [2.05, 4.69) is 34.8 Å². The van der Waals surface area contributed by atoms with Crippen molar-refractivity contribution < 1.29 is 9.59 Å². The Balaban J connectivity index is 0.00000841. The molecule has 0 saturated carbocycles. The Morgan fingerprint density at radius 3 is 2.27 bits per heavy atom. The van der Waals surface area contributed by atoms with E-state index in [1.54, 1.807) is 12.1 Å². The smallest absolute Gasteiger partial charge is 0.251 e. The van der Waals surface area contributed by atoms with Gasteiger partial charge in [-0.3, -0.25) is 9.59 Å². The summed E-state index contributed by atoms with van der Waals surface area (Å²) in [5.41, 5.74) is 6.52. The number of hydrogen-bond acceptors (Lipinski definition) is 3. The molecule has 30 heavy (non-hydrogen) atoms. The summed E-state index contributed by atoms with van der Waals surface area (Å²) in [5.74, 6) is 0.711. The van der Waals surface area contributed by atoms with Gasteiger partial charge in [0.05, 0.1) is 13.1 Å². The first-order valence-corrected chi connectivity index (χ1v) is 10.6. The number of nitrogens with zero attached hydrogens (tertiary/aromatic N) is 1. The van der Waals surface area contributed by atoms with Crippen LogP contribution in [0.2, 0.25) is 0 Å². The molecule has 8 heteroatoms. The lowest BCUT2D eigenvalue weighted by atomic mass is 10.0. The van der Waals surface area contributed by atoms with Gasteiger partial charge in [-0.05, 0) is 37.0 Å². The fraction of sp³-hybridized carbons (Fsp3) is 0.591. The van der Waals surface area contributed by atoms with E-state index in [0.717, 1.165) is 37.0 Å². The summed E-state index contributed by atoms with van der Waals surface area (Å²) in [7, 11) is 0. The molecule has 0 aliphatic carbocycles. The number of carbonyl (C=O) groups excluding carboxylic acids is 2. The standard InChI is InChI=1S/C22H37N5O2.HI/c1-4-24-22(25-14-8-6-5-7-9-17(2)3)27-15-18-10-12-19(13-11-18)21(29)26-16-20(23)28;/h10-13,17H,4-9,14-16H2,1-3H3,(H2,23,28)(H,26,29)(H2,24,25,27);1H. The van der Waals surface area contributed by atoms with E-state index in [0.29, 0.717) is 12.1 Å². The average molecular weight is 531 g/mol. The Hall–Kier alpha value is -1.84. The molecular weight excluding hydrogens is 493 g/mol. The van der Waals surface area contributed by atoms with E-state index in [1.165, 1.54) is 25.7 Å². The molecule has 0 spiro atoms. The number of benzene rings is 1. The second-order valence-electron chi connectivity index (χ2n) is 7.56. The monoisotopic (exact) mass is 531 g/mol. The highest BCUT2D eigenvalue weighted by Gasteiger charge is 2.06. The summed E-state index contributed by atoms with van der Waals surface area (Å²) >= 11 is 0. The van der Waals surface area contributed by atoms with Crippen molar-refractivity contribution in [3.8, 4) is 0 Å². The lowest BCUT2D eigenvalue weighted by molar-refractivity contribution is -0.117. The number of amides is 2. The summed E-state index contributed by atoms with van der Waals surface area (Å²) in [6, 6.07) is 7.17. The van der Waals surface area contributed by atoms with Crippen molar-refractivity contribution in [1.29, 1.82) is 0 Å². The Labute approximate surface area is 198 Å². The van der Waals surface area contributed by atoms with Crippen LogP contribution >= 0.6 is 24.0 Å². The first kappa shape index (κ1) is 28.2. The fourth-order valence-electron chi connectivity index (χ4n) is 2.78. The summed E-state index contributed by atoms with van der Waals surface area (Å²) in [6.07, 6.45) is 6.27. The maximum atomic E-state index is 11.9. The third-order valence-electron chi connectivity index (χ3n) is 4.40. The van der Waals surface area contributed by atoms with Crippen molar-refractivity contribution in [2.24, 2.45) is 16.6 Å². The van der Waals surface area contributed by atoms with Crippen LogP contribution in [0.5, 0.6) is 0 Å². The SMILES string of the molecule is CCNC(=NCc1ccc(C(=O)NCC(N)=O)cc1)NCCCCCCC(C)C.I. The predicted octanol–water partition coefficient (Wildman–Crippen LogP) is 3.18. The summed E-state index contributed by atoms with van der Waals surface area (Å²) in [4.78, 5) is 27.2. The van der Waals surface area contributed by atoms with Crippen LogP contribution in [0.15, 0.2) is 29.3 Å². The molecule has 2 amide bonds. The highest BCUT2D eigenvalue weighted by molar-refractivity contribution is 14.0. The van der Waals surface area contributed by atoms with E-state index < -0.39 is 5.91 Å². The minimum atomic E-state index is -0.566. The second kappa shape index (κ2) is 16.9. The van der Waals surface area contributed by atoms with Gasteiger partial charge in [-0.2, -0.15) is 0 Å². The minimum absolute atomic E-state index is 0. The highest BCUT2D eigenvalue weighted by Crippen LogP contribution is 2.09. The number of halogens is 1. The lowest BCUT2D eigenvalue weighted by Gasteiger charge is -2.11. The predicted molar refractivity (Wildman–Crippen MR) is 134 cm³/mol. The Morgan fingerprint density at radius 2 is 1.67 bits per heavy atom. The van der Waals surface area contributed by atoms with Crippen LogP contribution in [-0.2, 0) is 11.3 Å². The second-order valence-corrected chi connectivity index (χ2v) is 7.56. The van der Waals surface area contributed by atoms with Crippen LogP contribution in [-0.4, -0.2) is 37.4 Å². The number of carbonyl (C=O) groups is 2. The third-order valence-corrected chi connectivity index (χ3v) is 4.40. The van der Waals surface area contributed by atoms with Gasteiger partial charge in [-0.25, -0.2) is 4.99 Å². The van der Waals surface area contributed by atoms with Gasteiger partial charge in [0.15, 0.2) is 5.96 Å². The normalized spacial score (nSPS) is 11.0. The van der Waals surface area contributed by atoms with Gasteiger partial charge in [-0.1, -0.05) is 51.7 Å². The van der Waals surface area contributed by atoms with E-state index >= 15 is 0 Å².